The number of nitrogens with one attached hydrogen (secondary N) is 1. The van der Waals surface area contributed by atoms with Crippen LogP contribution in [-0.4, -0.2) is 68.4 Å². The number of pyridine rings is 1. The largest absolute Gasteiger partial charge is 0.508 e. The van der Waals surface area contributed by atoms with Crippen LogP contribution in [0, 0.1) is 11.6 Å². The SMILES string of the molecule is CCc1c(F)ccc2cc(O)cc(-c3ncc4c(C5=CC6CCC(C5)N6)nc(OC[C@@]56CCCN5C[C@H](F)C6)nc4c3F)c12. The van der Waals surface area contributed by atoms with Crippen LogP contribution in [-0.2, 0) is 6.42 Å². The van der Waals surface area contributed by atoms with E-state index in [4.69, 9.17) is 9.72 Å². The molecular weight excluding hydrogens is 567 g/mol. The van der Waals surface area contributed by atoms with Gasteiger partial charge in [0.1, 0.15) is 35.6 Å². The molecule has 2 unspecified atom stereocenters. The molecule has 0 saturated carbocycles. The Kier molecular flexibility index (Phi) is 6.57. The summed E-state index contributed by atoms with van der Waals surface area (Å²) in [5.41, 5.74) is 1.88. The summed E-state index contributed by atoms with van der Waals surface area (Å²) < 4.78 is 52.4. The quantitative estimate of drug-likeness (QED) is 0.270. The molecule has 2 N–H and O–H groups in total. The summed E-state index contributed by atoms with van der Waals surface area (Å²) in [5, 5.41) is 15.7. The summed E-state index contributed by atoms with van der Waals surface area (Å²) in [7, 11) is 0. The lowest BCUT2D eigenvalue weighted by Crippen LogP contribution is -2.43. The van der Waals surface area contributed by atoms with E-state index in [1.807, 2.05) is 6.92 Å². The van der Waals surface area contributed by atoms with Crippen LogP contribution in [0.1, 0.15) is 56.7 Å². The van der Waals surface area contributed by atoms with Crippen molar-refractivity contribution in [2.45, 2.75) is 75.7 Å². The molecule has 4 atom stereocenters. The summed E-state index contributed by atoms with van der Waals surface area (Å²) in [6.45, 7) is 3.29. The summed E-state index contributed by atoms with van der Waals surface area (Å²) >= 11 is 0. The lowest BCUT2D eigenvalue weighted by Gasteiger charge is -2.31. The van der Waals surface area contributed by atoms with Crippen molar-refractivity contribution in [3.63, 3.8) is 0 Å². The van der Waals surface area contributed by atoms with E-state index in [0.29, 0.717) is 52.8 Å². The lowest BCUT2D eigenvalue weighted by molar-refractivity contribution is 0.107. The summed E-state index contributed by atoms with van der Waals surface area (Å²) in [5.74, 6) is -1.17. The third-order valence-corrected chi connectivity index (χ3v) is 10.1. The van der Waals surface area contributed by atoms with Gasteiger partial charge in [-0.1, -0.05) is 19.1 Å². The standard InChI is InChI=1S/C34H34F3N5O2/c1-2-24-27(36)7-4-18-12-23(43)13-25(28(18)24)31-29(37)32-26(15-38-31)30(19-10-21-5-6-22(11-19)39-21)40-33(41-32)44-17-34-8-3-9-42(34)16-20(35)14-34/h4,7,10,12-13,15,20-22,39,43H,2-3,5-6,8-9,11,14,16-17H2,1H3/t20-,21?,22?,34+/m1/s1. The second-order valence-corrected chi connectivity index (χ2v) is 12.8. The Balaban J connectivity index is 1.29. The number of halogens is 3. The van der Waals surface area contributed by atoms with Crippen LogP contribution in [0.2, 0.25) is 0 Å². The topological polar surface area (TPSA) is 83.4 Å². The maximum absolute atomic E-state index is 16.8. The average Bonchev–Trinajstić information content (AvgIpc) is 3.66. The van der Waals surface area contributed by atoms with Crippen molar-refractivity contribution in [1.82, 2.24) is 25.2 Å². The number of hydrogen-bond donors (Lipinski definition) is 2. The fraction of sp³-hybridized carbons (Fsp3) is 0.441. The molecule has 4 aliphatic rings. The second-order valence-electron chi connectivity index (χ2n) is 12.8. The maximum atomic E-state index is 16.8. The summed E-state index contributed by atoms with van der Waals surface area (Å²) in [6.07, 6.45) is 8.23. The van der Waals surface area contributed by atoms with E-state index in [1.54, 1.807) is 12.3 Å². The smallest absolute Gasteiger partial charge is 0.317 e. The Morgan fingerprint density at radius 3 is 2.89 bits per heavy atom. The van der Waals surface area contributed by atoms with Crippen LogP contribution < -0.4 is 10.1 Å². The van der Waals surface area contributed by atoms with Crippen LogP contribution in [0.3, 0.4) is 0 Å². The van der Waals surface area contributed by atoms with Gasteiger partial charge in [0, 0.05) is 42.2 Å². The van der Waals surface area contributed by atoms with Gasteiger partial charge in [0.2, 0.25) is 0 Å². The third kappa shape index (κ3) is 4.44. The summed E-state index contributed by atoms with van der Waals surface area (Å²) in [4.78, 5) is 16.1. The first-order valence-corrected chi connectivity index (χ1v) is 15.6. The van der Waals surface area contributed by atoms with Crippen molar-refractivity contribution < 1.29 is 23.0 Å². The zero-order valence-electron chi connectivity index (χ0n) is 24.5. The highest BCUT2D eigenvalue weighted by Gasteiger charge is 2.49. The Hall–Kier alpha value is -3.76. The predicted octanol–water partition coefficient (Wildman–Crippen LogP) is 6.25. The van der Waals surface area contributed by atoms with Crippen molar-refractivity contribution in [3.05, 3.63) is 59.4 Å². The molecule has 4 aromatic rings. The molecular formula is C34H34F3N5O2. The van der Waals surface area contributed by atoms with E-state index >= 15 is 4.39 Å². The minimum Gasteiger partial charge on any atom is -0.508 e. The second kappa shape index (κ2) is 10.4. The number of alkyl halides is 1. The molecule has 6 heterocycles. The molecule has 2 aromatic carbocycles. The Morgan fingerprint density at radius 1 is 1.16 bits per heavy atom. The van der Waals surface area contributed by atoms with Crippen LogP contribution in [0.25, 0.3) is 38.5 Å². The highest BCUT2D eigenvalue weighted by molar-refractivity contribution is 6.01. The van der Waals surface area contributed by atoms with Crippen molar-refractivity contribution in [2.24, 2.45) is 0 Å². The number of phenolic OH excluding ortho intramolecular Hbond substituents is 1. The maximum Gasteiger partial charge on any atom is 0.317 e. The van der Waals surface area contributed by atoms with Gasteiger partial charge in [-0.3, -0.25) is 9.88 Å². The average molecular weight is 602 g/mol. The van der Waals surface area contributed by atoms with E-state index in [2.05, 4.69) is 26.3 Å². The fourth-order valence-corrected chi connectivity index (χ4v) is 8.11. The van der Waals surface area contributed by atoms with E-state index in [9.17, 15) is 13.9 Å². The van der Waals surface area contributed by atoms with Gasteiger partial charge in [-0.2, -0.15) is 9.97 Å². The molecule has 0 amide bonds. The third-order valence-electron chi connectivity index (χ3n) is 10.1. The molecule has 0 aliphatic carbocycles. The molecule has 4 aliphatic heterocycles. The number of aromatic hydroxyl groups is 1. The number of fused-ring (bicyclic) bond motifs is 5. The molecule has 3 saturated heterocycles. The molecule has 8 rings (SSSR count). The highest BCUT2D eigenvalue weighted by atomic mass is 19.1. The molecule has 228 valence electrons. The Bertz CT molecular complexity index is 1850. The number of ether oxygens (including phenoxy) is 1. The fourth-order valence-electron chi connectivity index (χ4n) is 8.11. The molecule has 3 fully saturated rings. The number of nitrogens with zero attached hydrogens (tertiary/aromatic N) is 4. The molecule has 0 spiro atoms. The predicted molar refractivity (Wildman–Crippen MR) is 162 cm³/mol. The lowest BCUT2D eigenvalue weighted by atomic mass is 9.94. The van der Waals surface area contributed by atoms with Crippen LogP contribution in [0.5, 0.6) is 11.8 Å². The van der Waals surface area contributed by atoms with Crippen molar-refractivity contribution in [3.8, 4) is 23.0 Å². The van der Waals surface area contributed by atoms with Gasteiger partial charge in [-0.05, 0) is 85.2 Å². The van der Waals surface area contributed by atoms with Crippen LogP contribution in [0.4, 0.5) is 13.2 Å². The molecule has 10 heteroatoms. The zero-order valence-corrected chi connectivity index (χ0v) is 24.5. The van der Waals surface area contributed by atoms with Gasteiger partial charge in [-0.15, -0.1) is 0 Å². The van der Waals surface area contributed by atoms with Crippen LogP contribution in [0.15, 0.2) is 36.5 Å². The van der Waals surface area contributed by atoms with E-state index in [-0.39, 0.29) is 41.2 Å². The number of benzene rings is 2. The molecule has 2 bridgehead atoms. The first kappa shape index (κ1) is 27.8. The van der Waals surface area contributed by atoms with Crippen molar-refractivity contribution >= 4 is 27.2 Å². The van der Waals surface area contributed by atoms with Gasteiger partial charge in [0.05, 0.1) is 11.2 Å². The monoisotopic (exact) mass is 601 g/mol. The van der Waals surface area contributed by atoms with Crippen molar-refractivity contribution in [1.29, 1.82) is 0 Å². The van der Waals surface area contributed by atoms with E-state index in [0.717, 1.165) is 44.2 Å². The zero-order chi connectivity index (χ0) is 30.2. The van der Waals surface area contributed by atoms with Gasteiger partial charge in [0.15, 0.2) is 5.82 Å². The van der Waals surface area contributed by atoms with E-state index < -0.39 is 23.3 Å². The molecule has 2 aromatic heterocycles. The first-order chi connectivity index (χ1) is 21.3. The van der Waals surface area contributed by atoms with E-state index in [1.165, 1.54) is 18.2 Å². The molecule has 7 nitrogen and oxygen atoms in total. The van der Waals surface area contributed by atoms with Crippen molar-refractivity contribution in [2.75, 3.05) is 19.7 Å². The number of hydrogen-bond acceptors (Lipinski definition) is 7. The van der Waals surface area contributed by atoms with Gasteiger partial charge in [0.25, 0.3) is 0 Å². The normalized spacial score (nSPS) is 26.5. The number of aromatic nitrogens is 3. The van der Waals surface area contributed by atoms with Gasteiger partial charge >= 0.3 is 6.01 Å². The Labute approximate surface area is 253 Å². The number of aryl methyl sites for hydroxylation is 1. The molecule has 0 radical (unpaired) electrons. The number of phenols is 1. The van der Waals surface area contributed by atoms with Gasteiger partial charge < -0.3 is 15.2 Å². The molecule has 44 heavy (non-hydrogen) atoms. The minimum absolute atomic E-state index is 0.0368. The van der Waals surface area contributed by atoms with Crippen LogP contribution >= 0.6 is 0 Å². The number of rotatable bonds is 6. The Morgan fingerprint density at radius 2 is 2.05 bits per heavy atom. The minimum atomic E-state index is -0.900. The van der Waals surface area contributed by atoms with Gasteiger partial charge in [-0.25, -0.2) is 13.2 Å². The summed E-state index contributed by atoms with van der Waals surface area (Å²) in [6, 6.07) is 6.48. The first-order valence-electron chi connectivity index (χ1n) is 15.6. The highest BCUT2D eigenvalue weighted by Crippen LogP contribution is 2.42.